The van der Waals surface area contributed by atoms with Gasteiger partial charge in [0, 0.05) is 57.3 Å². The number of anilines is 1. The summed E-state index contributed by atoms with van der Waals surface area (Å²) in [5, 5.41) is 32.1. The molecule has 0 fully saturated rings. The van der Waals surface area contributed by atoms with Crippen LogP contribution in [0.1, 0.15) is 91.2 Å². The van der Waals surface area contributed by atoms with Gasteiger partial charge in [-0.1, -0.05) is 32.9 Å². The Morgan fingerprint density at radius 1 is 0.980 bits per heavy atom. The molecule has 50 heavy (non-hydrogen) atoms. The minimum absolute atomic E-state index is 0.119. The molecule has 4 aliphatic heterocycles. The fourth-order valence-electron chi connectivity index (χ4n) is 8.05. The van der Waals surface area contributed by atoms with Gasteiger partial charge in [0.2, 0.25) is 0 Å². The van der Waals surface area contributed by atoms with E-state index in [4.69, 9.17) is 9.73 Å². The molecule has 0 unspecified atom stereocenters. The monoisotopic (exact) mass is 690 g/mol. The fourth-order valence-corrected chi connectivity index (χ4v) is 8.05. The third-order valence-corrected chi connectivity index (χ3v) is 9.97. The smallest absolute Gasteiger partial charge is 0.339 e. The first-order valence-corrected chi connectivity index (χ1v) is 16.8. The molecule has 7 rings (SSSR count). The molecule has 0 atom stereocenters. The van der Waals surface area contributed by atoms with E-state index in [1.165, 1.54) is 0 Å². The summed E-state index contributed by atoms with van der Waals surface area (Å²) >= 11 is 0. The minimum atomic E-state index is -2.23. The lowest BCUT2D eigenvalue weighted by Gasteiger charge is -2.47. The summed E-state index contributed by atoms with van der Waals surface area (Å²) < 4.78 is 68.7. The first kappa shape index (κ1) is 34.0. The summed E-state index contributed by atoms with van der Waals surface area (Å²) in [6, 6.07) is 3.22. The predicted molar refractivity (Wildman–Crippen MR) is 181 cm³/mol. The molecular weight excluding hydrogens is 652 g/mol. The Labute approximate surface area is 286 Å². The van der Waals surface area contributed by atoms with Crippen molar-refractivity contribution < 1.29 is 42.4 Å². The van der Waals surface area contributed by atoms with E-state index in [-0.39, 0.29) is 34.5 Å². The van der Waals surface area contributed by atoms with Crippen LogP contribution in [0, 0.1) is 28.7 Å². The second kappa shape index (κ2) is 11.8. The van der Waals surface area contributed by atoms with Gasteiger partial charge in [-0.25, -0.2) is 22.4 Å². The third-order valence-electron chi connectivity index (χ3n) is 9.97. The highest BCUT2D eigenvalue weighted by atomic mass is 19.2. The van der Waals surface area contributed by atoms with Crippen molar-refractivity contribution in [3.05, 3.63) is 97.1 Å². The zero-order valence-electron chi connectivity index (χ0n) is 28.5. The van der Waals surface area contributed by atoms with Crippen molar-refractivity contribution in [1.82, 2.24) is 0 Å². The van der Waals surface area contributed by atoms with Gasteiger partial charge in [0.05, 0.1) is 29.8 Å². The zero-order chi connectivity index (χ0) is 36.0. The number of fused-ring (bicyclic) bond motifs is 5. The van der Waals surface area contributed by atoms with Crippen molar-refractivity contribution in [1.29, 1.82) is 0 Å². The van der Waals surface area contributed by atoms with Gasteiger partial charge in [-0.3, -0.25) is 4.99 Å². The lowest BCUT2D eigenvalue weighted by atomic mass is 9.78. The van der Waals surface area contributed by atoms with Crippen molar-refractivity contribution >= 4 is 28.4 Å². The van der Waals surface area contributed by atoms with Crippen LogP contribution in [-0.4, -0.2) is 53.1 Å². The van der Waals surface area contributed by atoms with E-state index in [1.54, 1.807) is 12.1 Å². The van der Waals surface area contributed by atoms with Gasteiger partial charge in [-0.2, -0.15) is 0 Å². The molecule has 0 bridgehead atoms. The number of rotatable bonds is 5. The van der Waals surface area contributed by atoms with Crippen molar-refractivity contribution in [3.63, 3.8) is 0 Å². The lowest BCUT2D eigenvalue weighted by molar-refractivity contribution is 0.0689. The van der Waals surface area contributed by atoms with E-state index >= 15 is 13.2 Å². The van der Waals surface area contributed by atoms with Crippen molar-refractivity contribution in [2.24, 2.45) is 10.4 Å². The minimum Gasteiger partial charge on any atom is -0.478 e. The summed E-state index contributed by atoms with van der Waals surface area (Å²) in [6.45, 7) is 10.3. The van der Waals surface area contributed by atoms with Gasteiger partial charge < -0.3 is 25.0 Å². The molecular formula is C39H38F4N2O5. The van der Waals surface area contributed by atoms with E-state index in [9.17, 15) is 24.5 Å². The number of aromatic carboxylic acids is 1. The van der Waals surface area contributed by atoms with E-state index < -0.39 is 57.9 Å². The van der Waals surface area contributed by atoms with Crippen LogP contribution in [-0.2, 0) is 12.8 Å². The number of hydrogen-bond donors (Lipinski definition) is 3. The van der Waals surface area contributed by atoms with Crippen LogP contribution in [0.4, 0.5) is 23.2 Å². The average molecular weight is 691 g/mol. The van der Waals surface area contributed by atoms with Gasteiger partial charge in [-0.15, -0.1) is 0 Å². The maximum atomic E-state index is 16.3. The molecule has 4 heterocycles. The van der Waals surface area contributed by atoms with E-state index in [2.05, 4.69) is 4.90 Å². The number of aliphatic hydroxyl groups is 2. The van der Waals surface area contributed by atoms with E-state index in [0.29, 0.717) is 77.5 Å². The normalized spacial score (nSPS) is 17.6. The Kier molecular flexibility index (Phi) is 8.02. The number of halogens is 4. The Hall–Kier alpha value is -4.48. The molecule has 3 N–H and O–H groups in total. The number of allylic oxidation sites excluding steroid dienone is 1. The number of carboxylic acid groups (broad SMARTS) is 1. The Morgan fingerprint density at radius 2 is 1.68 bits per heavy atom. The van der Waals surface area contributed by atoms with Crippen molar-refractivity contribution in [2.75, 3.05) is 31.2 Å². The Morgan fingerprint density at radius 3 is 2.34 bits per heavy atom. The Balaban J connectivity index is 1.74. The number of ether oxygens (including phenoxy) is 1. The molecule has 0 aliphatic carbocycles. The summed E-state index contributed by atoms with van der Waals surface area (Å²) in [5.74, 6) is -9.78. The summed E-state index contributed by atoms with van der Waals surface area (Å²) in [4.78, 5) is 19.7. The fraction of sp³-hybridized carbons (Fsp3) is 0.385. The average Bonchev–Trinajstić information content (AvgIpc) is 3.07. The molecule has 7 nitrogen and oxygen atoms in total. The van der Waals surface area contributed by atoms with Gasteiger partial charge in [0.1, 0.15) is 17.1 Å². The van der Waals surface area contributed by atoms with Gasteiger partial charge in [-0.05, 0) is 68.2 Å². The van der Waals surface area contributed by atoms with Crippen molar-refractivity contribution in [2.45, 2.75) is 65.8 Å². The molecule has 0 aromatic heterocycles. The van der Waals surface area contributed by atoms with E-state index in [1.807, 2.05) is 46.8 Å². The Bertz CT molecular complexity index is 2210. The maximum absolute atomic E-state index is 16.3. The standard InChI is InChI=1S/C39H38F4N2O5/c1-38(2,3)14-18(16-46)22-12-24-26(27-28(37(48)49)30(41)32(43)31(42)29(27)40)25-13-23-19(17-47)15-39(4,5)45-11-7-9-21(34(23)45)36(25)50-35(24)20-8-6-10-44-33(20)22/h12-15,46-47H,6-11,16-17H2,1-5H3,(H,48,49)/b18-14-. The molecule has 0 amide bonds. The summed E-state index contributed by atoms with van der Waals surface area (Å²) in [5.41, 5.74) is 0.980. The zero-order valence-corrected chi connectivity index (χ0v) is 28.5. The SMILES string of the molecule is CC(C)(C)/C=C(/CO)c1cc2c(c3c1=NCCC3)Oc1c(cc3c4c1CCCN4C(C)(C)C=C3CO)C=2c1c(F)c(F)c(F)c(F)c1C(=O)O. The van der Waals surface area contributed by atoms with Gasteiger partial charge >= 0.3 is 5.97 Å². The molecule has 0 spiro atoms. The van der Waals surface area contributed by atoms with Crippen LogP contribution in [0.15, 0.2) is 29.3 Å². The highest BCUT2D eigenvalue weighted by Crippen LogP contribution is 2.52. The number of nitrogens with zero attached hydrogens (tertiary/aromatic N) is 2. The summed E-state index contributed by atoms with van der Waals surface area (Å²) in [7, 11) is 0. The number of carboxylic acids is 1. The quantitative estimate of drug-likeness (QED) is 0.131. The largest absolute Gasteiger partial charge is 0.478 e. The maximum Gasteiger partial charge on any atom is 0.339 e. The number of aliphatic hydroxyl groups excluding tert-OH is 2. The highest BCUT2D eigenvalue weighted by molar-refractivity contribution is 6.01. The molecule has 11 heteroatoms. The summed E-state index contributed by atoms with van der Waals surface area (Å²) in [6.07, 6.45) is 6.10. The molecule has 262 valence electrons. The van der Waals surface area contributed by atoms with Crippen LogP contribution in [0.2, 0.25) is 0 Å². The van der Waals surface area contributed by atoms with Crippen LogP contribution in [0.3, 0.4) is 0 Å². The predicted octanol–water partition coefficient (Wildman–Crippen LogP) is 6.20. The number of carbonyl (C=O) groups is 1. The molecule has 0 saturated heterocycles. The second-order valence-electron chi connectivity index (χ2n) is 15.0. The molecule has 0 radical (unpaired) electrons. The van der Waals surface area contributed by atoms with Gasteiger partial charge in [0.15, 0.2) is 23.3 Å². The second-order valence-corrected chi connectivity index (χ2v) is 15.0. The van der Waals surface area contributed by atoms with Gasteiger partial charge in [0.25, 0.3) is 0 Å². The lowest BCUT2D eigenvalue weighted by Crippen LogP contribution is -2.48. The first-order chi connectivity index (χ1) is 23.6. The van der Waals surface area contributed by atoms with Crippen LogP contribution in [0.5, 0.6) is 11.5 Å². The van der Waals surface area contributed by atoms with Crippen LogP contribution in [0.25, 0.3) is 16.7 Å². The molecule has 4 aliphatic rings. The number of benzene rings is 3. The van der Waals surface area contributed by atoms with Crippen molar-refractivity contribution in [3.8, 4) is 11.5 Å². The van der Waals surface area contributed by atoms with E-state index in [0.717, 1.165) is 5.69 Å². The molecule has 3 aromatic carbocycles. The molecule has 0 saturated carbocycles. The third kappa shape index (κ3) is 5.07. The topological polar surface area (TPSA) is 103 Å². The highest BCUT2D eigenvalue weighted by Gasteiger charge is 2.41. The first-order valence-electron chi connectivity index (χ1n) is 16.8. The van der Waals surface area contributed by atoms with Crippen LogP contribution >= 0.6 is 0 Å². The molecule has 3 aromatic rings. The number of hydrogen-bond acceptors (Lipinski definition) is 6. The van der Waals surface area contributed by atoms with Crippen LogP contribution < -0.4 is 20.2 Å².